The van der Waals surface area contributed by atoms with E-state index < -0.39 is 43.9 Å². The lowest BCUT2D eigenvalue weighted by Crippen LogP contribution is -2.44. The standard InChI is InChI=1S/C33H48N3O11P/c1-25(21-44-32(39)42-19-11-17-28-13-7-5-8-14-28)23-46-48(41,35-31(34)36(4)27(3)30(37)38)47-24-26(2)22-45-33(40)43-20-12-18-29-15-9-6-10-16-29/h5-10,13-16,25-27H,11-12,17-24H2,1-4H3,(H,37,38)(H2,34,35,41). The van der Waals surface area contributed by atoms with E-state index in [1.165, 1.54) is 14.0 Å². The maximum absolute atomic E-state index is 13.6. The van der Waals surface area contributed by atoms with Crippen LogP contribution in [-0.2, 0) is 50.2 Å². The van der Waals surface area contributed by atoms with Gasteiger partial charge in [-0.1, -0.05) is 74.5 Å². The second-order valence-corrected chi connectivity index (χ2v) is 13.0. The van der Waals surface area contributed by atoms with Crippen LogP contribution < -0.4 is 5.73 Å². The highest BCUT2D eigenvalue weighted by Crippen LogP contribution is 2.50. The molecule has 0 aliphatic rings. The summed E-state index contributed by atoms with van der Waals surface area (Å²) >= 11 is 0. The van der Waals surface area contributed by atoms with Gasteiger partial charge in [-0.25, -0.2) is 18.9 Å². The van der Waals surface area contributed by atoms with Crippen molar-refractivity contribution in [3.63, 3.8) is 0 Å². The number of carbonyl (C=O) groups is 3. The molecule has 2 rings (SSSR count). The van der Waals surface area contributed by atoms with Crippen molar-refractivity contribution >= 4 is 32.0 Å². The third-order valence-electron chi connectivity index (χ3n) is 6.89. The maximum atomic E-state index is 13.6. The number of nitrogens with two attached hydrogens (primary N) is 1. The summed E-state index contributed by atoms with van der Waals surface area (Å²) < 4.78 is 49.1. The summed E-state index contributed by atoms with van der Waals surface area (Å²) in [6.45, 7) is 4.47. The molecule has 0 saturated heterocycles. The Morgan fingerprint density at radius 1 is 0.750 bits per heavy atom. The predicted octanol–water partition coefficient (Wildman–Crippen LogP) is 5.69. The van der Waals surface area contributed by atoms with Gasteiger partial charge >= 0.3 is 26.0 Å². The molecule has 2 aromatic rings. The maximum Gasteiger partial charge on any atom is 0.508 e. The van der Waals surface area contributed by atoms with E-state index in [2.05, 4.69) is 4.76 Å². The van der Waals surface area contributed by atoms with Gasteiger partial charge in [-0.15, -0.1) is 4.76 Å². The predicted molar refractivity (Wildman–Crippen MR) is 178 cm³/mol. The number of ether oxygens (including phenoxy) is 4. The highest BCUT2D eigenvalue weighted by atomic mass is 31.2. The Morgan fingerprint density at radius 3 is 1.56 bits per heavy atom. The van der Waals surface area contributed by atoms with E-state index in [9.17, 15) is 24.1 Å². The summed E-state index contributed by atoms with van der Waals surface area (Å²) in [6.07, 6.45) is 1.08. The van der Waals surface area contributed by atoms with E-state index in [1.54, 1.807) is 13.8 Å². The smallest absolute Gasteiger partial charge is 0.480 e. The molecule has 0 amide bonds. The van der Waals surface area contributed by atoms with Crippen LogP contribution in [0.25, 0.3) is 0 Å². The Labute approximate surface area is 282 Å². The van der Waals surface area contributed by atoms with Crippen molar-refractivity contribution in [3.05, 3.63) is 71.8 Å². The number of aryl methyl sites for hydroxylation is 2. The monoisotopic (exact) mass is 693 g/mol. The van der Waals surface area contributed by atoms with E-state index in [-0.39, 0.29) is 45.6 Å². The minimum absolute atomic E-state index is 0.107. The van der Waals surface area contributed by atoms with Crippen molar-refractivity contribution in [3.8, 4) is 0 Å². The van der Waals surface area contributed by atoms with E-state index in [1.807, 2.05) is 60.7 Å². The Morgan fingerprint density at radius 2 is 1.17 bits per heavy atom. The lowest BCUT2D eigenvalue weighted by molar-refractivity contribution is -0.140. The van der Waals surface area contributed by atoms with Gasteiger partial charge in [0.1, 0.15) is 6.04 Å². The number of carbonyl (C=O) groups excluding carboxylic acids is 2. The molecular formula is C33H48N3O11P. The molecule has 0 spiro atoms. The molecule has 3 atom stereocenters. The Bertz CT molecular complexity index is 1250. The first-order valence-electron chi connectivity index (χ1n) is 15.8. The fourth-order valence-corrected chi connectivity index (χ4v) is 5.32. The van der Waals surface area contributed by atoms with E-state index in [4.69, 9.17) is 33.7 Å². The van der Waals surface area contributed by atoms with Crippen molar-refractivity contribution in [2.45, 2.75) is 52.5 Å². The van der Waals surface area contributed by atoms with Crippen LogP contribution in [0.4, 0.5) is 9.59 Å². The molecule has 15 heteroatoms. The topological polar surface area (TPSA) is 186 Å². The Kier molecular flexibility index (Phi) is 18.1. The number of guanidine groups is 1. The Balaban J connectivity index is 1.83. The average Bonchev–Trinajstić information content (AvgIpc) is 3.08. The fourth-order valence-electron chi connectivity index (χ4n) is 3.85. The number of likely N-dealkylation sites (N-methyl/N-ethyl adjacent to an activating group) is 1. The van der Waals surface area contributed by atoms with Gasteiger partial charge in [0, 0.05) is 18.9 Å². The lowest BCUT2D eigenvalue weighted by Gasteiger charge is -2.24. The number of hydrogen-bond donors (Lipinski definition) is 2. The van der Waals surface area contributed by atoms with Crippen LogP contribution in [-0.4, -0.2) is 87.0 Å². The first-order chi connectivity index (χ1) is 22.9. The zero-order chi connectivity index (χ0) is 35.4. The number of carboxylic acid groups (broad SMARTS) is 1. The highest BCUT2D eigenvalue weighted by molar-refractivity contribution is 7.52. The number of benzene rings is 2. The van der Waals surface area contributed by atoms with Crippen LogP contribution >= 0.6 is 7.75 Å². The molecule has 0 bridgehead atoms. The molecule has 0 aliphatic carbocycles. The fraction of sp³-hybridized carbons (Fsp3) is 0.515. The summed E-state index contributed by atoms with van der Waals surface area (Å²) in [6, 6.07) is 18.5. The van der Waals surface area contributed by atoms with Crippen LogP contribution in [0.15, 0.2) is 65.4 Å². The summed E-state index contributed by atoms with van der Waals surface area (Å²) in [4.78, 5) is 36.5. The number of carboxylic acids is 1. The summed E-state index contributed by atoms with van der Waals surface area (Å²) in [7, 11) is -2.95. The molecule has 3 unspecified atom stereocenters. The largest absolute Gasteiger partial charge is 0.508 e. The molecule has 0 aromatic heterocycles. The van der Waals surface area contributed by atoms with Crippen molar-refractivity contribution in [1.82, 2.24) is 4.90 Å². The third kappa shape index (κ3) is 16.6. The normalized spacial score (nSPS) is 14.5. The van der Waals surface area contributed by atoms with Crippen LogP contribution in [0, 0.1) is 11.8 Å². The number of hydrogen-bond acceptors (Lipinski definition) is 10. The van der Waals surface area contributed by atoms with Gasteiger partial charge in [-0.05, 0) is 43.7 Å². The molecule has 0 heterocycles. The molecule has 2 aromatic carbocycles. The third-order valence-corrected chi connectivity index (χ3v) is 8.29. The van der Waals surface area contributed by atoms with Crippen molar-refractivity contribution < 1.29 is 52.1 Å². The van der Waals surface area contributed by atoms with E-state index >= 15 is 0 Å². The van der Waals surface area contributed by atoms with Gasteiger partial charge in [0.2, 0.25) is 5.96 Å². The highest BCUT2D eigenvalue weighted by Gasteiger charge is 2.30. The Hall–Kier alpha value is -4.13. The van der Waals surface area contributed by atoms with Crippen molar-refractivity contribution in [1.29, 1.82) is 0 Å². The van der Waals surface area contributed by atoms with Gasteiger partial charge in [0.05, 0.1) is 39.6 Å². The van der Waals surface area contributed by atoms with Gasteiger partial charge in [0.15, 0.2) is 0 Å². The van der Waals surface area contributed by atoms with Gasteiger partial charge in [-0.3, -0.25) is 9.05 Å². The lowest BCUT2D eigenvalue weighted by atomic mass is 10.1. The molecule has 0 fully saturated rings. The average molecular weight is 694 g/mol. The number of nitrogens with zero attached hydrogens (tertiary/aromatic N) is 2. The summed E-state index contributed by atoms with van der Waals surface area (Å²) in [5.41, 5.74) is 8.22. The summed E-state index contributed by atoms with van der Waals surface area (Å²) in [5.74, 6) is -2.48. The van der Waals surface area contributed by atoms with E-state index in [0.717, 1.165) is 28.9 Å². The molecule has 266 valence electrons. The van der Waals surface area contributed by atoms with Crippen molar-refractivity contribution in [2.24, 2.45) is 22.3 Å². The minimum Gasteiger partial charge on any atom is -0.480 e. The zero-order valence-corrected chi connectivity index (χ0v) is 28.9. The van der Waals surface area contributed by atoms with Gasteiger partial charge in [-0.2, -0.15) is 0 Å². The van der Waals surface area contributed by atoms with Crippen molar-refractivity contribution in [2.75, 3.05) is 46.7 Å². The van der Waals surface area contributed by atoms with Crippen LogP contribution in [0.5, 0.6) is 0 Å². The molecule has 14 nitrogen and oxygen atoms in total. The number of rotatable bonds is 21. The van der Waals surface area contributed by atoms with E-state index in [0.29, 0.717) is 12.8 Å². The van der Waals surface area contributed by atoms with Gasteiger partial charge < -0.3 is 34.7 Å². The SMILES string of the molecule is CC(COC(=O)OCCCc1ccccc1)COP(=O)(N=C(N)N(C)C(C)C(=O)O)OCC(C)COC(=O)OCCCc1ccccc1. The second-order valence-electron chi connectivity index (χ2n) is 11.4. The number of aliphatic carboxylic acids is 1. The second kappa shape index (κ2) is 21.7. The zero-order valence-electron chi connectivity index (χ0n) is 28.0. The minimum atomic E-state index is -4.32. The summed E-state index contributed by atoms with van der Waals surface area (Å²) in [5, 5.41) is 9.31. The molecule has 48 heavy (non-hydrogen) atoms. The molecule has 3 N–H and O–H groups in total. The van der Waals surface area contributed by atoms with Crippen LogP contribution in [0.2, 0.25) is 0 Å². The first kappa shape index (κ1) is 40.0. The first-order valence-corrected chi connectivity index (χ1v) is 17.3. The van der Waals surface area contributed by atoms with Gasteiger partial charge in [0.25, 0.3) is 0 Å². The molecular weight excluding hydrogens is 645 g/mol. The molecule has 0 radical (unpaired) electrons. The molecule has 0 aliphatic heterocycles. The van der Waals surface area contributed by atoms with Crippen LogP contribution in [0.1, 0.15) is 44.7 Å². The quantitative estimate of drug-likeness (QED) is 0.0534. The van der Waals surface area contributed by atoms with Crippen LogP contribution in [0.3, 0.4) is 0 Å². The molecule has 0 saturated carbocycles.